The molecular weight excluding hydrogens is 212 g/mol. The second-order valence-corrected chi connectivity index (χ2v) is 5.02. The Morgan fingerprint density at radius 2 is 1.94 bits per heavy atom. The molecule has 0 aromatic carbocycles. The average molecular weight is 225 g/mol. The minimum Gasteiger partial charge on any atom is -0.397 e. The first kappa shape index (κ1) is 9.81. The number of anilines is 2. The van der Waals surface area contributed by atoms with Gasteiger partial charge in [0.2, 0.25) is 5.92 Å². The standard InChI is InChI=1S/C11H13F2N3/c12-11(13)4-10(5-11)6-16(7-10)9-2-1-8(14)3-15-9/h1-3H,4-7,14H2. The Kier molecular flexibility index (Phi) is 1.74. The van der Waals surface area contributed by atoms with Crippen LogP contribution in [0.5, 0.6) is 0 Å². The van der Waals surface area contributed by atoms with Crippen molar-refractivity contribution in [2.45, 2.75) is 18.8 Å². The predicted molar refractivity (Wildman–Crippen MR) is 57.5 cm³/mol. The molecule has 1 saturated heterocycles. The molecule has 3 nitrogen and oxygen atoms in total. The fourth-order valence-corrected chi connectivity index (χ4v) is 2.78. The molecule has 16 heavy (non-hydrogen) atoms. The van der Waals surface area contributed by atoms with E-state index in [9.17, 15) is 8.78 Å². The number of pyridine rings is 1. The summed E-state index contributed by atoms with van der Waals surface area (Å²) < 4.78 is 25.6. The van der Waals surface area contributed by atoms with Crippen molar-refractivity contribution in [3.63, 3.8) is 0 Å². The van der Waals surface area contributed by atoms with E-state index in [0.717, 1.165) is 5.82 Å². The van der Waals surface area contributed by atoms with Crippen molar-refractivity contribution in [2.24, 2.45) is 5.41 Å². The zero-order valence-corrected chi connectivity index (χ0v) is 8.79. The summed E-state index contributed by atoms with van der Waals surface area (Å²) in [5, 5.41) is 0. The molecule has 1 saturated carbocycles. The fourth-order valence-electron chi connectivity index (χ4n) is 2.78. The van der Waals surface area contributed by atoms with Gasteiger partial charge in [0, 0.05) is 31.3 Å². The monoisotopic (exact) mass is 225 g/mol. The fraction of sp³-hybridized carbons (Fsp3) is 0.545. The third kappa shape index (κ3) is 1.42. The van der Waals surface area contributed by atoms with Crippen LogP contribution in [0.3, 0.4) is 0 Å². The second-order valence-electron chi connectivity index (χ2n) is 5.02. The normalized spacial score (nSPS) is 25.0. The Morgan fingerprint density at radius 3 is 2.44 bits per heavy atom. The summed E-state index contributed by atoms with van der Waals surface area (Å²) in [5.41, 5.74) is 6.01. The number of alkyl halides is 2. The van der Waals surface area contributed by atoms with Crippen LogP contribution in [-0.4, -0.2) is 24.0 Å². The Balaban J connectivity index is 1.64. The van der Waals surface area contributed by atoms with E-state index in [2.05, 4.69) is 4.98 Å². The third-order valence-corrected chi connectivity index (χ3v) is 3.41. The van der Waals surface area contributed by atoms with Gasteiger partial charge in [0.05, 0.1) is 11.9 Å². The van der Waals surface area contributed by atoms with Crippen LogP contribution in [0.4, 0.5) is 20.3 Å². The van der Waals surface area contributed by atoms with Crippen molar-refractivity contribution in [3.05, 3.63) is 18.3 Å². The van der Waals surface area contributed by atoms with Gasteiger partial charge in [-0.15, -0.1) is 0 Å². The molecule has 2 heterocycles. The van der Waals surface area contributed by atoms with Gasteiger partial charge in [-0.3, -0.25) is 0 Å². The number of nitrogens with zero attached hydrogens (tertiary/aromatic N) is 2. The summed E-state index contributed by atoms with van der Waals surface area (Å²) in [6, 6.07) is 3.61. The lowest BCUT2D eigenvalue weighted by atomic mass is 9.61. The van der Waals surface area contributed by atoms with Crippen LogP contribution in [0.2, 0.25) is 0 Å². The summed E-state index contributed by atoms with van der Waals surface area (Å²) in [4.78, 5) is 6.20. The first-order valence-corrected chi connectivity index (χ1v) is 5.33. The number of nitrogen functional groups attached to an aromatic ring is 1. The number of nitrogens with two attached hydrogens (primary N) is 1. The van der Waals surface area contributed by atoms with E-state index in [1.165, 1.54) is 0 Å². The van der Waals surface area contributed by atoms with Crippen molar-refractivity contribution >= 4 is 11.5 Å². The van der Waals surface area contributed by atoms with Crippen LogP contribution in [-0.2, 0) is 0 Å². The molecule has 0 unspecified atom stereocenters. The van der Waals surface area contributed by atoms with Gasteiger partial charge in [-0.2, -0.15) is 0 Å². The highest BCUT2D eigenvalue weighted by molar-refractivity contribution is 5.49. The first-order valence-electron chi connectivity index (χ1n) is 5.33. The SMILES string of the molecule is Nc1ccc(N2CC3(C2)CC(F)(F)C3)nc1. The number of aromatic nitrogens is 1. The highest BCUT2D eigenvalue weighted by Gasteiger charge is 2.61. The number of hydrogen-bond donors (Lipinski definition) is 1. The van der Waals surface area contributed by atoms with E-state index in [0.29, 0.717) is 18.8 Å². The van der Waals surface area contributed by atoms with E-state index in [1.807, 2.05) is 11.0 Å². The average Bonchev–Trinajstić information content (AvgIpc) is 2.11. The topological polar surface area (TPSA) is 42.1 Å². The Bertz CT molecular complexity index is 400. The largest absolute Gasteiger partial charge is 0.397 e. The molecule has 1 aromatic heterocycles. The lowest BCUT2D eigenvalue weighted by Crippen LogP contribution is -2.66. The number of halogens is 2. The first-order chi connectivity index (χ1) is 7.48. The van der Waals surface area contributed by atoms with Gasteiger partial charge in [-0.05, 0) is 12.1 Å². The van der Waals surface area contributed by atoms with Crippen LogP contribution >= 0.6 is 0 Å². The van der Waals surface area contributed by atoms with Crippen LogP contribution in [0, 0.1) is 5.41 Å². The van der Waals surface area contributed by atoms with E-state index < -0.39 is 5.92 Å². The molecule has 5 heteroatoms. The third-order valence-electron chi connectivity index (χ3n) is 3.41. The zero-order chi connectivity index (χ0) is 11.4. The van der Waals surface area contributed by atoms with E-state index in [1.54, 1.807) is 12.3 Å². The summed E-state index contributed by atoms with van der Waals surface area (Å²) in [5.74, 6) is -1.60. The number of rotatable bonds is 1. The van der Waals surface area contributed by atoms with Crippen molar-refractivity contribution in [3.8, 4) is 0 Å². The van der Waals surface area contributed by atoms with E-state index >= 15 is 0 Å². The van der Waals surface area contributed by atoms with E-state index in [-0.39, 0.29) is 18.3 Å². The molecule has 0 bridgehead atoms. The van der Waals surface area contributed by atoms with E-state index in [4.69, 9.17) is 5.73 Å². The molecule has 1 aromatic rings. The predicted octanol–water partition coefficient (Wildman–Crippen LogP) is 1.90. The minimum atomic E-state index is -2.43. The van der Waals surface area contributed by atoms with Crippen LogP contribution < -0.4 is 10.6 Å². The van der Waals surface area contributed by atoms with Gasteiger partial charge in [-0.25, -0.2) is 13.8 Å². The summed E-state index contributed by atoms with van der Waals surface area (Å²) >= 11 is 0. The van der Waals surface area contributed by atoms with Crippen molar-refractivity contribution in [2.75, 3.05) is 23.7 Å². The molecule has 0 radical (unpaired) electrons. The van der Waals surface area contributed by atoms with Gasteiger partial charge in [0.1, 0.15) is 5.82 Å². The maximum Gasteiger partial charge on any atom is 0.249 e. The lowest BCUT2D eigenvalue weighted by Gasteiger charge is -2.59. The maximum absolute atomic E-state index is 12.8. The molecule has 2 fully saturated rings. The molecule has 3 rings (SSSR count). The summed E-state index contributed by atoms with van der Waals surface area (Å²) in [6.07, 6.45) is 1.66. The van der Waals surface area contributed by atoms with Gasteiger partial charge in [0.25, 0.3) is 0 Å². The number of hydrogen-bond acceptors (Lipinski definition) is 3. The quantitative estimate of drug-likeness (QED) is 0.793. The Morgan fingerprint density at radius 1 is 1.25 bits per heavy atom. The minimum absolute atomic E-state index is 0.0332. The van der Waals surface area contributed by atoms with Crippen LogP contribution in [0.25, 0.3) is 0 Å². The molecule has 1 aliphatic heterocycles. The molecular formula is C11H13F2N3. The smallest absolute Gasteiger partial charge is 0.249 e. The molecule has 86 valence electrons. The highest BCUT2D eigenvalue weighted by atomic mass is 19.3. The molecule has 0 atom stereocenters. The molecule has 0 amide bonds. The molecule has 1 spiro atoms. The Labute approximate surface area is 92.3 Å². The molecule has 2 N–H and O–H groups in total. The highest BCUT2D eigenvalue weighted by Crippen LogP contribution is 2.57. The summed E-state index contributed by atoms with van der Waals surface area (Å²) in [7, 11) is 0. The van der Waals surface area contributed by atoms with Crippen molar-refractivity contribution in [1.29, 1.82) is 0 Å². The maximum atomic E-state index is 12.8. The Hall–Kier alpha value is -1.39. The van der Waals surface area contributed by atoms with Gasteiger partial charge in [0.15, 0.2) is 0 Å². The van der Waals surface area contributed by atoms with Gasteiger partial charge >= 0.3 is 0 Å². The van der Waals surface area contributed by atoms with Crippen molar-refractivity contribution in [1.82, 2.24) is 4.98 Å². The molecule has 2 aliphatic rings. The van der Waals surface area contributed by atoms with Crippen molar-refractivity contribution < 1.29 is 8.78 Å². The zero-order valence-electron chi connectivity index (χ0n) is 8.79. The second kappa shape index (κ2) is 2.84. The van der Waals surface area contributed by atoms with Crippen LogP contribution in [0.15, 0.2) is 18.3 Å². The van der Waals surface area contributed by atoms with Gasteiger partial charge < -0.3 is 10.6 Å². The summed E-state index contributed by atoms with van der Waals surface area (Å²) in [6.45, 7) is 1.39. The lowest BCUT2D eigenvalue weighted by molar-refractivity contribution is -0.170. The molecule has 1 aliphatic carbocycles. The van der Waals surface area contributed by atoms with Crippen LogP contribution in [0.1, 0.15) is 12.8 Å². The van der Waals surface area contributed by atoms with Gasteiger partial charge in [-0.1, -0.05) is 0 Å².